The SMILES string of the molecule is CCCCN(C)CC1CCN(C(=O)C2CC23CCNCC3)CC1.Cl.Cl. The minimum Gasteiger partial charge on any atom is -0.342 e. The summed E-state index contributed by atoms with van der Waals surface area (Å²) in [5.74, 6) is 1.62. The van der Waals surface area contributed by atoms with Gasteiger partial charge in [0.25, 0.3) is 0 Å². The third-order valence-corrected chi connectivity index (χ3v) is 6.48. The summed E-state index contributed by atoms with van der Waals surface area (Å²) in [5.41, 5.74) is 0.388. The van der Waals surface area contributed by atoms with Crippen LogP contribution in [0.15, 0.2) is 0 Å². The lowest BCUT2D eigenvalue weighted by Gasteiger charge is -2.35. The Morgan fingerprint density at radius 1 is 1.20 bits per heavy atom. The maximum absolute atomic E-state index is 12.8. The molecule has 0 bridgehead atoms. The van der Waals surface area contributed by atoms with Gasteiger partial charge in [0.1, 0.15) is 0 Å². The molecule has 2 heterocycles. The Hall–Kier alpha value is -0.0300. The van der Waals surface area contributed by atoms with Crippen LogP contribution in [0, 0.1) is 17.3 Å². The number of unbranched alkanes of at least 4 members (excludes halogenated alkanes) is 1. The Kier molecular flexibility index (Phi) is 9.52. The first kappa shape index (κ1) is 23.0. The number of nitrogens with zero attached hydrogens (tertiary/aromatic N) is 2. The van der Waals surface area contributed by atoms with Crippen LogP contribution >= 0.6 is 24.8 Å². The number of nitrogens with one attached hydrogen (secondary N) is 1. The maximum Gasteiger partial charge on any atom is 0.226 e. The van der Waals surface area contributed by atoms with E-state index in [1.807, 2.05) is 0 Å². The Balaban J connectivity index is 0.00000156. The summed E-state index contributed by atoms with van der Waals surface area (Å²) in [4.78, 5) is 17.5. The molecule has 1 atom stereocenters. The van der Waals surface area contributed by atoms with Gasteiger partial charge in [-0.1, -0.05) is 13.3 Å². The van der Waals surface area contributed by atoms with Gasteiger partial charge in [-0.3, -0.25) is 4.79 Å². The van der Waals surface area contributed by atoms with Crippen LogP contribution in [0.2, 0.25) is 0 Å². The van der Waals surface area contributed by atoms with E-state index in [9.17, 15) is 4.79 Å². The normalized spacial score (nSPS) is 25.4. The molecule has 1 amide bonds. The summed E-state index contributed by atoms with van der Waals surface area (Å²) in [6.07, 6.45) is 8.55. The number of carbonyl (C=O) groups is 1. The predicted octanol–water partition coefficient (Wildman–Crippen LogP) is 3.19. The van der Waals surface area contributed by atoms with Crippen LogP contribution in [0.3, 0.4) is 0 Å². The van der Waals surface area contributed by atoms with Gasteiger partial charge in [0.2, 0.25) is 5.91 Å². The summed E-state index contributed by atoms with van der Waals surface area (Å²) in [5, 5.41) is 3.43. The lowest BCUT2D eigenvalue weighted by molar-refractivity contribution is -0.135. The zero-order valence-electron chi connectivity index (χ0n) is 16.0. The number of amides is 1. The smallest absolute Gasteiger partial charge is 0.226 e. The van der Waals surface area contributed by atoms with E-state index in [0.29, 0.717) is 17.2 Å². The average Bonchev–Trinajstić information content (AvgIpc) is 3.26. The van der Waals surface area contributed by atoms with E-state index in [1.54, 1.807) is 0 Å². The van der Waals surface area contributed by atoms with E-state index in [1.165, 1.54) is 51.6 Å². The Morgan fingerprint density at radius 2 is 1.84 bits per heavy atom. The lowest BCUT2D eigenvalue weighted by Crippen LogP contribution is -2.43. The molecule has 2 aliphatic heterocycles. The van der Waals surface area contributed by atoms with E-state index < -0.39 is 0 Å². The monoisotopic (exact) mass is 393 g/mol. The maximum atomic E-state index is 12.8. The highest BCUT2D eigenvalue weighted by Gasteiger charge is 2.58. The van der Waals surface area contributed by atoms with E-state index >= 15 is 0 Å². The molecule has 1 N–H and O–H groups in total. The van der Waals surface area contributed by atoms with Crippen LogP contribution in [0.25, 0.3) is 0 Å². The lowest BCUT2D eigenvalue weighted by atomic mass is 9.91. The fourth-order valence-corrected chi connectivity index (χ4v) is 4.69. The molecule has 1 saturated carbocycles. The summed E-state index contributed by atoms with van der Waals surface area (Å²) >= 11 is 0. The summed E-state index contributed by atoms with van der Waals surface area (Å²) in [7, 11) is 2.25. The number of hydrogen-bond acceptors (Lipinski definition) is 3. The Labute approximate surface area is 166 Å². The molecule has 4 nitrogen and oxygen atoms in total. The molecule has 6 heteroatoms. The number of piperidine rings is 2. The molecule has 3 rings (SSSR count). The van der Waals surface area contributed by atoms with Gasteiger partial charge in [-0.25, -0.2) is 0 Å². The van der Waals surface area contributed by atoms with Crippen molar-refractivity contribution >= 4 is 30.7 Å². The third-order valence-electron chi connectivity index (χ3n) is 6.48. The number of hydrogen-bond donors (Lipinski definition) is 1. The summed E-state index contributed by atoms with van der Waals surface area (Å²) < 4.78 is 0. The molecule has 0 aromatic heterocycles. The number of carbonyl (C=O) groups excluding carboxylic acids is 1. The Bertz CT molecular complexity index is 407. The molecule has 3 aliphatic rings. The number of likely N-dealkylation sites (tertiary alicyclic amines) is 1. The zero-order valence-corrected chi connectivity index (χ0v) is 17.6. The summed E-state index contributed by atoms with van der Waals surface area (Å²) in [6, 6.07) is 0. The fraction of sp³-hybridized carbons (Fsp3) is 0.947. The second-order valence-electron chi connectivity index (χ2n) is 8.25. The molecule has 148 valence electrons. The molecule has 1 aliphatic carbocycles. The molecule has 0 aromatic carbocycles. The van der Waals surface area contributed by atoms with Crippen LogP contribution in [0.4, 0.5) is 0 Å². The van der Waals surface area contributed by atoms with E-state index in [2.05, 4.69) is 29.1 Å². The first-order valence-corrected chi connectivity index (χ1v) is 9.83. The summed E-state index contributed by atoms with van der Waals surface area (Å²) in [6.45, 7) is 8.89. The van der Waals surface area contributed by atoms with Crippen molar-refractivity contribution in [3.8, 4) is 0 Å². The van der Waals surface area contributed by atoms with Crippen LogP contribution in [0.1, 0.15) is 51.9 Å². The van der Waals surface area contributed by atoms with Crippen molar-refractivity contribution in [3.05, 3.63) is 0 Å². The molecule has 25 heavy (non-hydrogen) atoms. The van der Waals surface area contributed by atoms with Crippen molar-refractivity contribution in [2.24, 2.45) is 17.3 Å². The fourth-order valence-electron chi connectivity index (χ4n) is 4.69. The highest BCUT2D eigenvalue weighted by molar-refractivity contribution is 5.85. The highest BCUT2D eigenvalue weighted by Crippen LogP contribution is 2.59. The topological polar surface area (TPSA) is 35.6 Å². The number of rotatable bonds is 6. The Morgan fingerprint density at radius 3 is 2.44 bits per heavy atom. The van der Waals surface area contributed by atoms with Crippen molar-refractivity contribution < 1.29 is 4.79 Å². The second-order valence-corrected chi connectivity index (χ2v) is 8.25. The van der Waals surface area contributed by atoms with Crippen LogP contribution < -0.4 is 5.32 Å². The molecule has 0 aromatic rings. The average molecular weight is 394 g/mol. The van der Waals surface area contributed by atoms with Crippen molar-refractivity contribution in [1.29, 1.82) is 0 Å². The van der Waals surface area contributed by atoms with Crippen LogP contribution in [-0.2, 0) is 4.79 Å². The minimum absolute atomic E-state index is 0. The van der Waals surface area contributed by atoms with E-state index in [4.69, 9.17) is 0 Å². The van der Waals surface area contributed by atoms with Crippen LogP contribution in [-0.4, -0.2) is 62.0 Å². The van der Waals surface area contributed by atoms with Gasteiger partial charge < -0.3 is 15.1 Å². The zero-order chi connectivity index (χ0) is 16.3. The molecule has 1 spiro atoms. The van der Waals surface area contributed by atoms with Gasteiger partial charge in [0.05, 0.1) is 0 Å². The first-order valence-electron chi connectivity index (χ1n) is 9.83. The van der Waals surface area contributed by atoms with E-state index in [0.717, 1.165) is 38.5 Å². The first-order chi connectivity index (χ1) is 11.1. The second kappa shape index (κ2) is 10.3. The van der Waals surface area contributed by atoms with Gasteiger partial charge in [-0.05, 0) is 76.5 Å². The largest absolute Gasteiger partial charge is 0.342 e. The minimum atomic E-state index is 0. The molecular weight excluding hydrogens is 357 g/mol. The van der Waals surface area contributed by atoms with Crippen molar-refractivity contribution in [3.63, 3.8) is 0 Å². The van der Waals surface area contributed by atoms with Gasteiger partial charge in [-0.15, -0.1) is 24.8 Å². The molecule has 0 radical (unpaired) electrons. The van der Waals surface area contributed by atoms with Crippen molar-refractivity contribution in [2.45, 2.75) is 51.9 Å². The van der Waals surface area contributed by atoms with Gasteiger partial charge in [0.15, 0.2) is 0 Å². The molecule has 3 fully saturated rings. The van der Waals surface area contributed by atoms with Gasteiger partial charge >= 0.3 is 0 Å². The standard InChI is InChI=1S/C19H35N3O.2ClH/c1-3-4-11-21(2)15-16-5-12-22(13-6-16)18(23)17-14-19(17)7-9-20-10-8-19;;/h16-17,20H,3-15H2,1-2H3;2*1H. The highest BCUT2D eigenvalue weighted by atomic mass is 35.5. The third kappa shape index (κ3) is 5.72. The predicted molar refractivity (Wildman–Crippen MR) is 109 cm³/mol. The molecule has 1 unspecified atom stereocenters. The van der Waals surface area contributed by atoms with Crippen molar-refractivity contribution in [1.82, 2.24) is 15.1 Å². The molecule has 2 saturated heterocycles. The van der Waals surface area contributed by atoms with Gasteiger partial charge in [0, 0.05) is 25.6 Å². The van der Waals surface area contributed by atoms with E-state index in [-0.39, 0.29) is 24.8 Å². The molecular formula is C19H37Cl2N3O. The van der Waals surface area contributed by atoms with Crippen molar-refractivity contribution in [2.75, 3.05) is 46.3 Å². The quantitative estimate of drug-likeness (QED) is 0.752. The number of halogens is 2. The van der Waals surface area contributed by atoms with Crippen LogP contribution in [0.5, 0.6) is 0 Å². The van der Waals surface area contributed by atoms with Gasteiger partial charge in [-0.2, -0.15) is 0 Å².